The van der Waals surface area contributed by atoms with Gasteiger partial charge in [0.05, 0.1) is 6.04 Å². The van der Waals surface area contributed by atoms with Gasteiger partial charge in [-0.25, -0.2) is 9.59 Å². The molecule has 4 aromatic rings. The largest absolute Gasteiger partial charge is 0.530 e. The molecule has 0 N–H and O–H groups in total. The van der Waals surface area contributed by atoms with Crippen LogP contribution in [-0.4, -0.2) is 22.7 Å². The minimum Gasteiger partial charge on any atom is -0.530 e. The number of hydrogen-bond donors (Lipinski definition) is 0. The van der Waals surface area contributed by atoms with Crippen molar-refractivity contribution < 1.29 is 28.6 Å². The van der Waals surface area contributed by atoms with Gasteiger partial charge < -0.3 is 38.4 Å². The van der Waals surface area contributed by atoms with E-state index in [2.05, 4.69) is 15.9 Å². The number of carbonyl (C=O) groups excluding carboxylic acids is 2. The Labute approximate surface area is 235 Å². The molecule has 0 radical (unpaired) electrons. The van der Waals surface area contributed by atoms with Crippen LogP contribution in [0.2, 0.25) is 0 Å². The molecular weight excluding hydrogens is 584 g/mol. The molecule has 0 aliphatic heterocycles. The van der Waals surface area contributed by atoms with E-state index in [1.165, 1.54) is 42.5 Å². The van der Waals surface area contributed by atoms with Gasteiger partial charge in [-0.15, -0.1) is 0 Å². The third kappa shape index (κ3) is 4.47. The number of halogens is 1. The summed E-state index contributed by atoms with van der Waals surface area (Å²) in [5, 5.41) is 26.6. The van der Waals surface area contributed by atoms with Crippen LogP contribution in [0, 0.1) is 13.8 Å². The predicted octanol–water partition coefficient (Wildman–Crippen LogP) is 3.49. The summed E-state index contributed by atoms with van der Waals surface area (Å²) in [5.74, 6) is 0. The summed E-state index contributed by atoms with van der Waals surface area (Å²) in [6.45, 7) is 5.09. The molecule has 2 aromatic carbocycles. The fourth-order valence-electron chi connectivity index (χ4n) is 5.14. The lowest BCUT2D eigenvalue weighted by Crippen LogP contribution is -2.65. The standard InChI is InChI=1S/C29H23BrN2O8/c1-15-5-4-10-29(30,32(28(37)38)19-7-9-21-17(3)12-25(34)40-23(21)14-19)26(15)31(27(35)36)18-6-8-20-16(2)11-24(33)39-22(20)13-18/h4-14,26H,1-3H3,(H,35,36)(H,37,38)/p-2. The first-order chi connectivity index (χ1) is 18.9. The number of aryl methyl sites for hydroxylation is 2. The van der Waals surface area contributed by atoms with Crippen molar-refractivity contribution in [3.05, 3.63) is 104 Å². The lowest BCUT2D eigenvalue weighted by atomic mass is 9.91. The van der Waals surface area contributed by atoms with Gasteiger partial charge >= 0.3 is 11.3 Å². The number of nitrogens with zero attached hydrogens (tertiary/aromatic N) is 2. The lowest BCUT2D eigenvalue weighted by molar-refractivity contribution is -0.249. The molecule has 1 aliphatic carbocycles. The van der Waals surface area contributed by atoms with Crippen LogP contribution in [0.25, 0.3) is 21.9 Å². The molecule has 40 heavy (non-hydrogen) atoms. The van der Waals surface area contributed by atoms with Crippen molar-refractivity contribution in [1.82, 2.24) is 0 Å². The van der Waals surface area contributed by atoms with Gasteiger partial charge in [0.1, 0.15) is 27.8 Å². The fraction of sp³-hybridized carbons (Fsp3) is 0.172. The molecule has 0 saturated heterocycles. The second-order valence-electron chi connectivity index (χ2n) is 9.49. The first-order valence-electron chi connectivity index (χ1n) is 12.1. The molecule has 204 valence electrons. The Bertz CT molecular complexity index is 1890. The molecule has 0 bridgehead atoms. The van der Waals surface area contributed by atoms with Crippen LogP contribution in [-0.2, 0) is 0 Å². The van der Waals surface area contributed by atoms with Crippen molar-refractivity contribution >= 4 is 61.4 Å². The van der Waals surface area contributed by atoms with E-state index in [4.69, 9.17) is 8.83 Å². The Morgan fingerprint density at radius 2 is 1.35 bits per heavy atom. The van der Waals surface area contributed by atoms with Crippen LogP contribution in [0.3, 0.4) is 0 Å². The summed E-state index contributed by atoms with van der Waals surface area (Å²) in [7, 11) is 0. The second-order valence-corrected chi connectivity index (χ2v) is 10.8. The predicted molar refractivity (Wildman–Crippen MR) is 149 cm³/mol. The number of benzene rings is 2. The monoisotopic (exact) mass is 604 g/mol. The van der Waals surface area contributed by atoms with Crippen molar-refractivity contribution in [3.8, 4) is 0 Å². The van der Waals surface area contributed by atoms with Gasteiger partial charge in [-0.3, -0.25) is 0 Å². The SMILES string of the molecule is CC1=CC=CC(Br)(N(C(=O)[O-])c2ccc3c(C)cc(=O)oc3c2)C1N(C(=O)[O-])c1ccc2c(C)cc(=O)oc2c1. The van der Waals surface area contributed by atoms with Crippen LogP contribution in [0.1, 0.15) is 18.1 Å². The quantitative estimate of drug-likeness (QED) is 0.195. The summed E-state index contributed by atoms with van der Waals surface area (Å²) in [4.78, 5) is 51.1. The summed E-state index contributed by atoms with van der Waals surface area (Å²) < 4.78 is 8.87. The second kappa shape index (κ2) is 9.83. The van der Waals surface area contributed by atoms with Gasteiger partial charge in [-0.2, -0.15) is 0 Å². The number of hydrogen-bond acceptors (Lipinski definition) is 8. The molecule has 2 unspecified atom stereocenters. The van der Waals surface area contributed by atoms with E-state index in [0.717, 1.165) is 9.80 Å². The van der Waals surface area contributed by atoms with Crippen LogP contribution in [0.5, 0.6) is 0 Å². The van der Waals surface area contributed by atoms with Gasteiger partial charge in [0.15, 0.2) is 0 Å². The van der Waals surface area contributed by atoms with Gasteiger partial charge in [0.25, 0.3) is 0 Å². The zero-order valence-corrected chi connectivity index (χ0v) is 23.1. The molecule has 2 atom stereocenters. The van der Waals surface area contributed by atoms with E-state index >= 15 is 0 Å². The molecule has 10 nitrogen and oxygen atoms in total. The number of alkyl halides is 1. The molecule has 0 spiro atoms. The summed E-state index contributed by atoms with van der Waals surface area (Å²) in [6, 6.07) is 10.4. The van der Waals surface area contributed by atoms with Crippen molar-refractivity contribution in [2.75, 3.05) is 9.80 Å². The van der Waals surface area contributed by atoms with Crippen molar-refractivity contribution in [2.45, 2.75) is 31.3 Å². The number of rotatable bonds is 4. The first kappa shape index (κ1) is 26.9. The number of allylic oxidation sites excluding steroid dienone is 2. The van der Waals surface area contributed by atoms with Crippen LogP contribution < -0.4 is 31.3 Å². The minimum atomic E-state index is -1.75. The third-order valence-corrected chi connectivity index (χ3v) is 7.94. The molecule has 0 saturated carbocycles. The normalized spacial score (nSPS) is 18.5. The topological polar surface area (TPSA) is 147 Å². The van der Waals surface area contributed by atoms with E-state index in [9.17, 15) is 29.4 Å². The minimum absolute atomic E-state index is 0.0564. The molecule has 5 rings (SSSR count). The van der Waals surface area contributed by atoms with E-state index in [1.54, 1.807) is 45.1 Å². The van der Waals surface area contributed by atoms with E-state index in [1.807, 2.05) is 0 Å². The third-order valence-electron chi connectivity index (χ3n) is 6.89. The Kier molecular flexibility index (Phi) is 6.62. The number of carbonyl (C=O) groups is 2. The van der Waals surface area contributed by atoms with Gasteiger partial charge in [0, 0.05) is 46.4 Å². The van der Waals surface area contributed by atoms with E-state index in [0.29, 0.717) is 27.5 Å². The Morgan fingerprint density at radius 3 is 1.88 bits per heavy atom. The molecule has 1 aliphatic rings. The maximum Gasteiger partial charge on any atom is 0.336 e. The zero-order chi connectivity index (χ0) is 28.9. The Balaban J connectivity index is 1.70. The molecular formula is C29H21BrN2O8-2. The average molecular weight is 605 g/mol. The van der Waals surface area contributed by atoms with Gasteiger partial charge in [-0.1, -0.05) is 28.1 Å². The van der Waals surface area contributed by atoms with Crippen molar-refractivity contribution in [1.29, 1.82) is 0 Å². The summed E-state index contributed by atoms with van der Waals surface area (Å²) in [6.07, 6.45) is 1.40. The summed E-state index contributed by atoms with van der Waals surface area (Å²) in [5.41, 5.74) is 0.971. The molecule has 2 amide bonds. The maximum atomic E-state index is 12.7. The van der Waals surface area contributed by atoms with Gasteiger partial charge in [-0.05, 0) is 67.8 Å². The van der Waals surface area contributed by atoms with E-state index < -0.39 is 33.9 Å². The number of fused-ring (bicyclic) bond motifs is 2. The fourth-order valence-corrected chi connectivity index (χ4v) is 6.21. The molecule has 0 fully saturated rings. The summed E-state index contributed by atoms with van der Waals surface area (Å²) >= 11 is 3.52. The zero-order valence-electron chi connectivity index (χ0n) is 21.5. The van der Waals surface area contributed by atoms with Crippen LogP contribution in [0.4, 0.5) is 21.0 Å². The van der Waals surface area contributed by atoms with E-state index in [-0.39, 0.29) is 22.5 Å². The molecule has 2 aromatic heterocycles. The lowest BCUT2D eigenvalue weighted by Gasteiger charge is -2.50. The highest BCUT2D eigenvalue weighted by Crippen LogP contribution is 2.43. The first-order valence-corrected chi connectivity index (χ1v) is 12.9. The highest BCUT2D eigenvalue weighted by atomic mass is 79.9. The maximum absolute atomic E-state index is 12.7. The number of anilines is 2. The van der Waals surface area contributed by atoms with Gasteiger partial charge in [0.2, 0.25) is 0 Å². The van der Waals surface area contributed by atoms with Crippen molar-refractivity contribution in [2.24, 2.45) is 0 Å². The Hall–Kier alpha value is -4.64. The highest BCUT2D eigenvalue weighted by molar-refractivity contribution is 9.10. The smallest absolute Gasteiger partial charge is 0.336 e. The highest BCUT2D eigenvalue weighted by Gasteiger charge is 2.47. The average Bonchev–Trinajstić information content (AvgIpc) is 2.85. The number of amides is 2. The molecule has 11 heteroatoms. The molecule has 2 heterocycles. The van der Waals surface area contributed by atoms with Crippen LogP contribution in [0.15, 0.2) is 90.8 Å². The number of carboxylic acid groups (broad SMARTS) is 2. The van der Waals surface area contributed by atoms with Crippen LogP contribution >= 0.6 is 15.9 Å². The van der Waals surface area contributed by atoms with Crippen molar-refractivity contribution in [3.63, 3.8) is 0 Å². The Morgan fingerprint density at radius 1 is 0.825 bits per heavy atom.